The van der Waals surface area contributed by atoms with Crippen LogP contribution in [-0.2, 0) is 6.54 Å². The zero-order chi connectivity index (χ0) is 14.5. The average molecular weight is 275 g/mol. The lowest BCUT2D eigenvalue weighted by atomic mass is 10.1. The summed E-state index contributed by atoms with van der Waals surface area (Å²) in [7, 11) is 0. The summed E-state index contributed by atoms with van der Waals surface area (Å²) >= 11 is 0. The fourth-order valence-electron chi connectivity index (χ4n) is 1.96. The maximum atomic E-state index is 9.48. The molecule has 20 heavy (non-hydrogen) atoms. The molecule has 2 rings (SSSR count). The Morgan fingerprint density at radius 1 is 1.05 bits per heavy atom. The van der Waals surface area contributed by atoms with Gasteiger partial charge in [0.1, 0.15) is 11.5 Å². The van der Waals surface area contributed by atoms with Gasteiger partial charge in [-0.15, -0.1) is 0 Å². The molecule has 0 aliphatic rings. The van der Waals surface area contributed by atoms with Gasteiger partial charge in [0, 0.05) is 12.1 Å². The van der Waals surface area contributed by atoms with E-state index in [2.05, 4.69) is 5.32 Å². The van der Waals surface area contributed by atoms with Crippen molar-refractivity contribution in [2.24, 2.45) is 0 Å². The van der Waals surface area contributed by atoms with Gasteiger partial charge in [0.25, 0.3) is 0 Å². The van der Waals surface area contributed by atoms with Gasteiger partial charge in [0.05, 0.1) is 18.8 Å². The second kappa shape index (κ2) is 6.70. The summed E-state index contributed by atoms with van der Waals surface area (Å²) in [5.41, 5.74) is 1.87. The molecule has 2 atom stereocenters. The minimum atomic E-state index is -0.458. The highest BCUT2D eigenvalue weighted by Crippen LogP contribution is 2.24. The molecule has 4 heteroatoms. The smallest absolute Gasteiger partial charge is 0.134 e. The fraction of sp³-hybridized carbons (Fsp3) is 0.375. The first-order valence-corrected chi connectivity index (χ1v) is 6.82. The van der Waals surface area contributed by atoms with Crippen molar-refractivity contribution in [3.05, 3.63) is 47.7 Å². The molecule has 2 aromatic rings. The van der Waals surface area contributed by atoms with Crippen molar-refractivity contribution in [2.75, 3.05) is 6.54 Å². The van der Waals surface area contributed by atoms with E-state index in [1.54, 1.807) is 13.8 Å². The van der Waals surface area contributed by atoms with Gasteiger partial charge in [0.2, 0.25) is 0 Å². The van der Waals surface area contributed by atoms with E-state index in [0.717, 1.165) is 22.6 Å². The molecule has 0 bridgehead atoms. The molecule has 0 amide bonds. The number of hydrogen-bond acceptors (Lipinski definition) is 4. The lowest BCUT2D eigenvalue weighted by Gasteiger charge is -2.05. The van der Waals surface area contributed by atoms with Crippen LogP contribution in [-0.4, -0.2) is 22.9 Å². The lowest BCUT2D eigenvalue weighted by Crippen LogP contribution is -2.23. The third kappa shape index (κ3) is 3.93. The molecule has 1 aromatic carbocycles. The molecule has 0 spiro atoms. The summed E-state index contributed by atoms with van der Waals surface area (Å²) in [4.78, 5) is 0. The number of aliphatic hydroxyl groups excluding tert-OH is 2. The molecule has 0 saturated carbocycles. The van der Waals surface area contributed by atoms with Crippen molar-refractivity contribution in [2.45, 2.75) is 32.6 Å². The van der Waals surface area contributed by atoms with Crippen molar-refractivity contribution < 1.29 is 14.6 Å². The normalized spacial score (nSPS) is 14.2. The fourth-order valence-corrected chi connectivity index (χ4v) is 1.96. The predicted molar refractivity (Wildman–Crippen MR) is 78.2 cm³/mol. The van der Waals surface area contributed by atoms with Crippen LogP contribution >= 0.6 is 0 Å². The Kier molecular flexibility index (Phi) is 4.95. The first-order chi connectivity index (χ1) is 9.56. The van der Waals surface area contributed by atoms with E-state index < -0.39 is 6.10 Å². The number of benzene rings is 1. The van der Waals surface area contributed by atoms with Gasteiger partial charge in [-0.25, -0.2) is 0 Å². The van der Waals surface area contributed by atoms with Crippen LogP contribution in [0.25, 0.3) is 11.3 Å². The topological polar surface area (TPSA) is 65.6 Å². The summed E-state index contributed by atoms with van der Waals surface area (Å²) < 4.78 is 5.75. The second-order valence-electron chi connectivity index (χ2n) is 5.04. The molecule has 0 fully saturated rings. The van der Waals surface area contributed by atoms with Gasteiger partial charge in [0.15, 0.2) is 0 Å². The molecule has 0 radical (unpaired) electrons. The van der Waals surface area contributed by atoms with Gasteiger partial charge >= 0.3 is 0 Å². The summed E-state index contributed by atoms with van der Waals surface area (Å²) in [6.07, 6.45) is -0.821. The van der Waals surface area contributed by atoms with Gasteiger partial charge < -0.3 is 19.9 Å². The molecule has 4 nitrogen and oxygen atoms in total. The van der Waals surface area contributed by atoms with E-state index in [0.29, 0.717) is 13.1 Å². The van der Waals surface area contributed by atoms with Crippen molar-refractivity contribution in [3.8, 4) is 11.3 Å². The average Bonchev–Trinajstić information content (AvgIpc) is 2.87. The maximum Gasteiger partial charge on any atom is 0.134 e. The van der Waals surface area contributed by atoms with E-state index in [4.69, 9.17) is 4.42 Å². The third-order valence-corrected chi connectivity index (χ3v) is 3.08. The number of rotatable bonds is 6. The molecular weight excluding hydrogens is 254 g/mol. The van der Waals surface area contributed by atoms with Gasteiger partial charge in [-0.3, -0.25) is 0 Å². The van der Waals surface area contributed by atoms with Crippen molar-refractivity contribution >= 4 is 0 Å². The van der Waals surface area contributed by atoms with Gasteiger partial charge in [-0.1, -0.05) is 24.3 Å². The Morgan fingerprint density at radius 3 is 2.35 bits per heavy atom. The van der Waals surface area contributed by atoms with Crippen molar-refractivity contribution in [1.82, 2.24) is 5.32 Å². The van der Waals surface area contributed by atoms with Gasteiger partial charge in [-0.05, 0) is 31.5 Å². The molecule has 0 aliphatic heterocycles. The Hall–Kier alpha value is -1.62. The maximum absolute atomic E-state index is 9.48. The second-order valence-corrected chi connectivity index (χ2v) is 5.04. The highest BCUT2D eigenvalue weighted by molar-refractivity contribution is 5.58. The highest BCUT2D eigenvalue weighted by atomic mass is 16.3. The Morgan fingerprint density at radius 2 is 1.75 bits per heavy atom. The largest absolute Gasteiger partial charge is 0.460 e. The van der Waals surface area contributed by atoms with Crippen LogP contribution in [0, 0.1) is 0 Å². The molecule has 1 aromatic heterocycles. The quantitative estimate of drug-likeness (QED) is 0.757. The monoisotopic (exact) mass is 275 g/mol. The van der Waals surface area contributed by atoms with Crippen molar-refractivity contribution in [1.29, 1.82) is 0 Å². The Bertz CT molecular complexity index is 529. The zero-order valence-corrected chi connectivity index (χ0v) is 11.8. The van der Waals surface area contributed by atoms with Crippen LogP contribution in [0.1, 0.15) is 31.3 Å². The SMILES string of the molecule is C[C@@H](O)CNCc1ccc(-c2ccc([C@@H](C)O)cc2)o1. The number of furan rings is 1. The molecule has 0 saturated heterocycles. The third-order valence-electron chi connectivity index (χ3n) is 3.08. The zero-order valence-electron chi connectivity index (χ0n) is 11.8. The van der Waals surface area contributed by atoms with Crippen LogP contribution < -0.4 is 5.32 Å². The summed E-state index contributed by atoms with van der Waals surface area (Å²) in [5.74, 6) is 1.64. The van der Waals surface area contributed by atoms with E-state index in [1.807, 2.05) is 36.4 Å². The Balaban J connectivity index is 2.01. The van der Waals surface area contributed by atoms with E-state index in [1.165, 1.54) is 0 Å². The van der Waals surface area contributed by atoms with Crippen molar-refractivity contribution in [3.63, 3.8) is 0 Å². The van der Waals surface area contributed by atoms with E-state index in [9.17, 15) is 10.2 Å². The van der Waals surface area contributed by atoms with E-state index in [-0.39, 0.29) is 6.10 Å². The standard InChI is InChI=1S/C16H21NO3/c1-11(18)9-17-10-15-7-8-16(20-15)14-5-3-13(4-6-14)12(2)19/h3-8,11-12,17-19H,9-10H2,1-2H3/t11-,12-/m1/s1. The minimum absolute atomic E-state index is 0.363. The van der Waals surface area contributed by atoms with Crippen LogP contribution in [0.4, 0.5) is 0 Å². The van der Waals surface area contributed by atoms with Gasteiger partial charge in [-0.2, -0.15) is 0 Å². The van der Waals surface area contributed by atoms with Crippen LogP contribution in [0.15, 0.2) is 40.8 Å². The van der Waals surface area contributed by atoms with Crippen LogP contribution in [0.2, 0.25) is 0 Å². The molecule has 108 valence electrons. The summed E-state index contributed by atoms with van der Waals surface area (Å²) in [6.45, 7) is 4.62. The van der Waals surface area contributed by atoms with Crippen LogP contribution in [0.5, 0.6) is 0 Å². The van der Waals surface area contributed by atoms with Crippen LogP contribution in [0.3, 0.4) is 0 Å². The lowest BCUT2D eigenvalue weighted by molar-refractivity contribution is 0.190. The molecular formula is C16H21NO3. The first kappa shape index (κ1) is 14.8. The minimum Gasteiger partial charge on any atom is -0.460 e. The van der Waals surface area contributed by atoms with E-state index >= 15 is 0 Å². The summed E-state index contributed by atoms with van der Waals surface area (Å²) in [6, 6.07) is 11.5. The number of nitrogens with one attached hydrogen (secondary N) is 1. The molecule has 1 heterocycles. The molecule has 0 aliphatic carbocycles. The summed E-state index contributed by atoms with van der Waals surface area (Å²) in [5, 5.41) is 21.8. The molecule has 3 N–H and O–H groups in total. The number of hydrogen-bond donors (Lipinski definition) is 3. The number of aliphatic hydroxyl groups is 2. The predicted octanol–water partition coefficient (Wildman–Crippen LogP) is 2.47. The molecule has 0 unspecified atom stereocenters. The Labute approximate surface area is 119 Å². The first-order valence-electron chi connectivity index (χ1n) is 6.82. The highest BCUT2D eigenvalue weighted by Gasteiger charge is 2.06.